The fourth-order valence-corrected chi connectivity index (χ4v) is 0.967. The van der Waals surface area contributed by atoms with Gasteiger partial charge in [0.05, 0.1) is 5.41 Å². The molecule has 0 aliphatic heterocycles. The number of hydrogen-bond acceptors (Lipinski definition) is 4. The molecule has 0 aromatic carbocycles. The van der Waals surface area contributed by atoms with Crippen LogP contribution in [-0.2, 0) is 4.79 Å². The minimum atomic E-state index is -0.659. The number of amides is 1. The zero-order valence-electron chi connectivity index (χ0n) is 9.87. The summed E-state index contributed by atoms with van der Waals surface area (Å²) >= 11 is 5.68. The molecular formula is C10H16ClN3O2. The van der Waals surface area contributed by atoms with Gasteiger partial charge in [0, 0.05) is 11.8 Å². The fourth-order valence-electron chi connectivity index (χ4n) is 0.845. The average Bonchev–Trinajstić information content (AvgIpc) is 2.66. The van der Waals surface area contributed by atoms with E-state index < -0.39 is 5.41 Å². The first-order chi connectivity index (χ1) is 7.36. The van der Waals surface area contributed by atoms with Crippen molar-refractivity contribution < 1.29 is 9.21 Å². The fraction of sp³-hybridized carbons (Fsp3) is 0.700. The number of anilines is 1. The molecule has 6 heteroatoms. The SMILES string of the molecule is CC(C)c1nnc(NC(=O)C(C)(C)CCl)o1. The molecule has 0 atom stereocenters. The van der Waals surface area contributed by atoms with E-state index in [-0.39, 0.29) is 23.7 Å². The maximum atomic E-state index is 11.7. The maximum absolute atomic E-state index is 11.7. The van der Waals surface area contributed by atoms with Crippen LogP contribution >= 0.6 is 11.6 Å². The summed E-state index contributed by atoms with van der Waals surface area (Å²) in [6.45, 7) is 7.35. The molecular weight excluding hydrogens is 230 g/mol. The highest BCUT2D eigenvalue weighted by atomic mass is 35.5. The van der Waals surface area contributed by atoms with Crippen LogP contribution in [0.2, 0.25) is 0 Å². The molecule has 0 aliphatic rings. The second-order valence-corrected chi connectivity index (χ2v) is 4.84. The maximum Gasteiger partial charge on any atom is 0.322 e. The smallest absolute Gasteiger partial charge is 0.322 e. The van der Waals surface area contributed by atoms with Gasteiger partial charge in [0.25, 0.3) is 0 Å². The van der Waals surface area contributed by atoms with Gasteiger partial charge in [0.15, 0.2) is 0 Å². The van der Waals surface area contributed by atoms with Gasteiger partial charge in [-0.1, -0.05) is 18.9 Å². The van der Waals surface area contributed by atoms with Crippen molar-refractivity contribution >= 4 is 23.5 Å². The van der Waals surface area contributed by atoms with Crippen LogP contribution in [0.15, 0.2) is 4.42 Å². The molecule has 0 saturated carbocycles. The number of carbonyl (C=O) groups is 1. The van der Waals surface area contributed by atoms with Crippen LogP contribution in [-0.4, -0.2) is 22.0 Å². The molecule has 5 nitrogen and oxygen atoms in total. The van der Waals surface area contributed by atoms with Gasteiger partial charge in [-0.25, -0.2) is 0 Å². The quantitative estimate of drug-likeness (QED) is 0.827. The Morgan fingerprint density at radius 2 is 2.12 bits per heavy atom. The normalized spacial score (nSPS) is 11.9. The largest absolute Gasteiger partial charge is 0.408 e. The van der Waals surface area contributed by atoms with E-state index in [4.69, 9.17) is 16.0 Å². The van der Waals surface area contributed by atoms with Crippen LogP contribution in [0.3, 0.4) is 0 Å². The molecule has 0 fully saturated rings. The lowest BCUT2D eigenvalue weighted by atomic mass is 9.95. The predicted molar refractivity (Wildman–Crippen MR) is 61.5 cm³/mol. The number of nitrogens with one attached hydrogen (secondary N) is 1. The molecule has 16 heavy (non-hydrogen) atoms. The molecule has 1 rings (SSSR count). The van der Waals surface area contributed by atoms with E-state index in [9.17, 15) is 4.79 Å². The standard InChI is InChI=1S/C10H16ClN3O2/c1-6(2)7-13-14-9(16-7)12-8(15)10(3,4)5-11/h6H,5H2,1-4H3,(H,12,14,15). The van der Waals surface area contributed by atoms with E-state index in [0.717, 1.165) is 0 Å². The predicted octanol–water partition coefficient (Wildman–Crippen LogP) is 2.40. The van der Waals surface area contributed by atoms with Crippen LogP contribution in [0, 0.1) is 5.41 Å². The Hall–Kier alpha value is -1.10. The van der Waals surface area contributed by atoms with Crippen molar-refractivity contribution in [2.45, 2.75) is 33.6 Å². The number of aromatic nitrogens is 2. The number of hydrogen-bond donors (Lipinski definition) is 1. The first kappa shape index (κ1) is 13.0. The van der Waals surface area contributed by atoms with E-state index in [1.54, 1.807) is 13.8 Å². The highest BCUT2D eigenvalue weighted by Crippen LogP contribution is 2.21. The molecule has 1 N–H and O–H groups in total. The number of rotatable bonds is 4. The second-order valence-electron chi connectivity index (χ2n) is 4.57. The van der Waals surface area contributed by atoms with Crippen molar-refractivity contribution in [1.29, 1.82) is 0 Å². The Morgan fingerprint density at radius 3 is 2.56 bits per heavy atom. The minimum absolute atomic E-state index is 0.117. The Morgan fingerprint density at radius 1 is 1.50 bits per heavy atom. The Bertz CT molecular complexity index is 374. The minimum Gasteiger partial charge on any atom is -0.408 e. The molecule has 1 aromatic heterocycles. The number of carbonyl (C=O) groups excluding carboxylic acids is 1. The van der Waals surface area contributed by atoms with E-state index in [2.05, 4.69) is 15.5 Å². The van der Waals surface area contributed by atoms with Gasteiger partial charge in [-0.3, -0.25) is 10.1 Å². The van der Waals surface area contributed by atoms with E-state index in [1.807, 2.05) is 13.8 Å². The van der Waals surface area contributed by atoms with Gasteiger partial charge in [0.1, 0.15) is 0 Å². The number of nitrogens with zero attached hydrogens (tertiary/aromatic N) is 2. The second kappa shape index (κ2) is 4.82. The van der Waals surface area contributed by atoms with Gasteiger partial charge in [-0.15, -0.1) is 16.7 Å². The van der Waals surface area contributed by atoms with E-state index in [1.165, 1.54) is 0 Å². The number of halogens is 1. The summed E-state index contributed by atoms with van der Waals surface area (Å²) in [5.41, 5.74) is -0.659. The van der Waals surface area contributed by atoms with Crippen molar-refractivity contribution in [2.24, 2.45) is 5.41 Å². The Kier molecular flexibility index (Phi) is 3.91. The van der Waals surface area contributed by atoms with Gasteiger partial charge in [-0.05, 0) is 13.8 Å². The third kappa shape index (κ3) is 2.95. The van der Waals surface area contributed by atoms with E-state index >= 15 is 0 Å². The highest BCUT2D eigenvalue weighted by Gasteiger charge is 2.28. The van der Waals surface area contributed by atoms with Gasteiger partial charge in [-0.2, -0.15) is 0 Å². The molecule has 0 saturated heterocycles. The number of alkyl halides is 1. The lowest BCUT2D eigenvalue weighted by molar-refractivity contribution is -0.123. The molecule has 1 amide bonds. The van der Waals surface area contributed by atoms with Gasteiger partial charge >= 0.3 is 6.01 Å². The topological polar surface area (TPSA) is 68.0 Å². The summed E-state index contributed by atoms with van der Waals surface area (Å²) in [6, 6.07) is 0.117. The van der Waals surface area contributed by atoms with Crippen molar-refractivity contribution in [3.8, 4) is 0 Å². The Balaban J connectivity index is 2.70. The van der Waals surface area contributed by atoms with Crippen LogP contribution in [0.5, 0.6) is 0 Å². The van der Waals surface area contributed by atoms with Crippen molar-refractivity contribution in [3.05, 3.63) is 5.89 Å². The van der Waals surface area contributed by atoms with Crippen LogP contribution < -0.4 is 5.32 Å². The summed E-state index contributed by atoms with van der Waals surface area (Å²) in [6.07, 6.45) is 0. The monoisotopic (exact) mass is 245 g/mol. The molecule has 0 bridgehead atoms. The highest BCUT2D eigenvalue weighted by molar-refractivity contribution is 6.20. The zero-order chi connectivity index (χ0) is 12.3. The summed E-state index contributed by atoms with van der Waals surface area (Å²) < 4.78 is 5.26. The third-order valence-electron chi connectivity index (χ3n) is 2.10. The first-order valence-corrected chi connectivity index (χ1v) is 5.61. The molecule has 90 valence electrons. The Labute approximate surface area is 99.6 Å². The van der Waals surface area contributed by atoms with Crippen molar-refractivity contribution in [3.63, 3.8) is 0 Å². The first-order valence-electron chi connectivity index (χ1n) is 5.07. The zero-order valence-corrected chi connectivity index (χ0v) is 10.6. The molecule has 0 unspecified atom stereocenters. The molecule has 0 aliphatic carbocycles. The summed E-state index contributed by atoms with van der Waals surface area (Å²) in [4.78, 5) is 11.7. The van der Waals surface area contributed by atoms with Crippen LogP contribution in [0.4, 0.5) is 6.01 Å². The summed E-state index contributed by atoms with van der Waals surface area (Å²) in [7, 11) is 0. The van der Waals surface area contributed by atoms with Gasteiger partial charge < -0.3 is 4.42 Å². The molecule has 1 heterocycles. The molecule has 0 spiro atoms. The van der Waals surface area contributed by atoms with Crippen molar-refractivity contribution in [2.75, 3.05) is 11.2 Å². The van der Waals surface area contributed by atoms with Crippen LogP contribution in [0.25, 0.3) is 0 Å². The molecule has 1 aromatic rings. The molecule has 0 radical (unpaired) electrons. The van der Waals surface area contributed by atoms with Gasteiger partial charge in [0.2, 0.25) is 11.8 Å². The lowest BCUT2D eigenvalue weighted by Gasteiger charge is -2.18. The summed E-state index contributed by atoms with van der Waals surface area (Å²) in [5, 5.41) is 10.1. The van der Waals surface area contributed by atoms with Crippen LogP contribution in [0.1, 0.15) is 39.5 Å². The lowest BCUT2D eigenvalue weighted by Crippen LogP contribution is -2.32. The summed E-state index contributed by atoms with van der Waals surface area (Å²) in [5.74, 6) is 0.629. The third-order valence-corrected chi connectivity index (χ3v) is 2.77. The average molecular weight is 246 g/mol. The van der Waals surface area contributed by atoms with E-state index in [0.29, 0.717) is 5.89 Å². The van der Waals surface area contributed by atoms with Crippen molar-refractivity contribution in [1.82, 2.24) is 10.2 Å².